The van der Waals surface area contributed by atoms with Crippen LogP contribution in [0.15, 0.2) is 35.5 Å². The number of benzene rings is 1. The number of aromatic nitrogens is 1. The lowest BCUT2D eigenvalue weighted by molar-refractivity contribution is 0.0998. The number of ketones is 1. The van der Waals surface area contributed by atoms with Crippen LogP contribution >= 0.6 is 11.6 Å². The SMILES string of the molecule is O=C1CC(COc2ccc(F)c(Cl)c2)=Nc2c1ccnc2CNC[C@H]1CCNC1. The van der Waals surface area contributed by atoms with Crippen LogP contribution in [0.5, 0.6) is 5.75 Å². The van der Waals surface area contributed by atoms with Crippen molar-refractivity contribution in [2.24, 2.45) is 10.9 Å². The number of hydrogen-bond acceptors (Lipinski definition) is 6. The van der Waals surface area contributed by atoms with E-state index in [-0.39, 0.29) is 23.8 Å². The van der Waals surface area contributed by atoms with E-state index in [1.807, 2.05) is 0 Å². The van der Waals surface area contributed by atoms with Crippen molar-refractivity contribution in [2.45, 2.75) is 19.4 Å². The predicted octanol–water partition coefficient (Wildman–Crippen LogP) is 3.31. The summed E-state index contributed by atoms with van der Waals surface area (Å²) in [7, 11) is 0. The van der Waals surface area contributed by atoms with Crippen LogP contribution in [0.2, 0.25) is 5.02 Å². The molecule has 0 saturated carbocycles. The first-order valence-electron chi connectivity index (χ1n) is 9.67. The molecule has 3 heterocycles. The number of nitrogens with zero attached hydrogens (tertiary/aromatic N) is 2. The summed E-state index contributed by atoms with van der Waals surface area (Å²) >= 11 is 5.78. The lowest BCUT2D eigenvalue weighted by Gasteiger charge is -2.18. The van der Waals surface area contributed by atoms with Crippen molar-refractivity contribution in [1.29, 1.82) is 0 Å². The minimum absolute atomic E-state index is 0.00520. The Morgan fingerprint density at radius 2 is 2.24 bits per heavy atom. The fourth-order valence-electron chi connectivity index (χ4n) is 3.55. The number of hydrogen-bond donors (Lipinski definition) is 2. The van der Waals surface area contributed by atoms with Gasteiger partial charge in [-0.25, -0.2) is 4.39 Å². The number of pyridine rings is 1. The minimum atomic E-state index is -0.505. The van der Waals surface area contributed by atoms with Crippen molar-refractivity contribution < 1.29 is 13.9 Å². The van der Waals surface area contributed by atoms with Gasteiger partial charge in [0.25, 0.3) is 0 Å². The summed E-state index contributed by atoms with van der Waals surface area (Å²) < 4.78 is 18.9. The zero-order chi connectivity index (χ0) is 20.2. The minimum Gasteiger partial charge on any atom is -0.488 e. The Bertz CT molecular complexity index is 944. The first-order chi connectivity index (χ1) is 14.1. The first kappa shape index (κ1) is 19.9. The molecule has 29 heavy (non-hydrogen) atoms. The standard InChI is InChI=1S/C21H22ClFN4O2/c22-17-8-15(1-2-18(17)23)29-12-14-7-20(28)16-4-6-26-19(21(16)27-14)11-25-10-13-3-5-24-9-13/h1-2,4,6,8,13,24-25H,3,5,7,9-12H2/t13-/m0/s1. The van der Waals surface area contributed by atoms with Crippen LogP contribution in [0.3, 0.4) is 0 Å². The van der Waals surface area contributed by atoms with E-state index >= 15 is 0 Å². The molecule has 0 amide bonds. The van der Waals surface area contributed by atoms with E-state index in [4.69, 9.17) is 16.3 Å². The van der Waals surface area contributed by atoms with Crippen LogP contribution in [0.4, 0.5) is 10.1 Å². The maximum absolute atomic E-state index is 13.3. The number of nitrogens with one attached hydrogen (secondary N) is 2. The van der Waals surface area contributed by atoms with Crippen molar-refractivity contribution in [3.8, 4) is 5.75 Å². The predicted molar refractivity (Wildman–Crippen MR) is 110 cm³/mol. The first-order valence-corrected chi connectivity index (χ1v) is 10.0. The molecule has 152 valence electrons. The van der Waals surface area contributed by atoms with Gasteiger partial charge in [0.15, 0.2) is 5.78 Å². The van der Waals surface area contributed by atoms with Gasteiger partial charge in [-0.15, -0.1) is 0 Å². The van der Waals surface area contributed by atoms with Crippen LogP contribution in [0.25, 0.3) is 0 Å². The molecule has 2 N–H and O–H groups in total. The Balaban J connectivity index is 1.45. The third-order valence-electron chi connectivity index (χ3n) is 5.12. The van der Waals surface area contributed by atoms with Crippen LogP contribution in [-0.4, -0.2) is 42.7 Å². The maximum Gasteiger partial charge on any atom is 0.170 e. The van der Waals surface area contributed by atoms with E-state index in [1.54, 1.807) is 12.3 Å². The fourth-order valence-corrected chi connectivity index (χ4v) is 3.73. The molecule has 0 spiro atoms. The number of aliphatic imine (C=N–C) groups is 1. The van der Waals surface area contributed by atoms with E-state index in [0.29, 0.717) is 35.2 Å². The van der Waals surface area contributed by atoms with E-state index in [1.165, 1.54) is 24.6 Å². The Hall–Kier alpha value is -2.35. The highest BCUT2D eigenvalue weighted by molar-refractivity contribution is 6.30. The topological polar surface area (TPSA) is 75.6 Å². The van der Waals surface area contributed by atoms with Gasteiger partial charge < -0.3 is 15.4 Å². The lowest BCUT2D eigenvalue weighted by Crippen LogP contribution is -2.25. The summed E-state index contributed by atoms with van der Waals surface area (Å²) in [6, 6.07) is 5.86. The van der Waals surface area contributed by atoms with Gasteiger partial charge in [0.2, 0.25) is 0 Å². The molecule has 4 rings (SSSR count). The normalized spacial score (nSPS) is 18.5. The second-order valence-electron chi connectivity index (χ2n) is 7.29. The van der Waals surface area contributed by atoms with Crippen LogP contribution in [0, 0.1) is 11.7 Å². The monoisotopic (exact) mass is 416 g/mol. The van der Waals surface area contributed by atoms with E-state index < -0.39 is 5.82 Å². The number of carbonyl (C=O) groups is 1. The molecular formula is C21H22ClFN4O2. The summed E-state index contributed by atoms with van der Waals surface area (Å²) in [6.07, 6.45) is 3.01. The molecule has 0 unspecified atom stereocenters. The lowest BCUT2D eigenvalue weighted by atomic mass is 10.00. The summed E-state index contributed by atoms with van der Waals surface area (Å²) in [4.78, 5) is 21.7. The number of ether oxygens (including phenoxy) is 1. The zero-order valence-corrected chi connectivity index (χ0v) is 16.6. The molecule has 0 bridgehead atoms. The number of carbonyl (C=O) groups excluding carboxylic acids is 1. The summed E-state index contributed by atoms with van der Waals surface area (Å²) in [6.45, 7) is 3.67. The molecule has 0 aliphatic carbocycles. The Morgan fingerprint density at radius 1 is 1.34 bits per heavy atom. The van der Waals surface area contributed by atoms with Crippen LogP contribution < -0.4 is 15.4 Å². The van der Waals surface area contributed by atoms with Gasteiger partial charge >= 0.3 is 0 Å². The third-order valence-corrected chi connectivity index (χ3v) is 5.41. The molecule has 8 heteroatoms. The molecular weight excluding hydrogens is 395 g/mol. The van der Waals surface area contributed by atoms with Crippen LogP contribution in [-0.2, 0) is 6.54 Å². The Labute approximate surface area is 173 Å². The fraction of sp³-hybridized carbons (Fsp3) is 0.381. The van der Waals surface area contributed by atoms with Gasteiger partial charge in [0.05, 0.1) is 28.5 Å². The molecule has 1 fully saturated rings. The largest absolute Gasteiger partial charge is 0.488 e. The number of halogens is 2. The average molecular weight is 417 g/mol. The highest BCUT2D eigenvalue weighted by Crippen LogP contribution is 2.29. The van der Waals surface area contributed by atoms with E-state index in [0.717, 1.165) is 25.3 Å². The highest BCUT2D eigenvalue weighted by atomic mass is 35.5. The quantitative estimate of drug-likeness (QED) is 0.724. The van der Waals surface area contributed by atoms with Gasteiger partial charge in [-0.05, 0) is 50.2 Å². The average Bonchev–Trinajstić information content (AvgIpc) is 3.23. The number of rotatable bonds is 7. The van der Waals surface area contributed by atoms with Crippen molar-refractivity contribution in [3.63, 3.8) is 0 Å². The van der Waals surface area contributed by atoms with Gasteiger partial charge in [-0.2, -0.15) is 0 Å². The van der Waals surface area contributed by atoms with Crippen molar-refractivity contribution >= 4 is 28.8 Å². The molecule has 1 atom stereocenters. The number of Topliss-reactive ketones (excluding diaryl/α,β-unsaturated/α-hetero) is 1. The van der Waals surface area contributed by atoms with E-state index in [2.05, 4.69) is 20.6 Å². The summed E-state index contributed by atoms with van der Waals surface area (Å²) in [5.41, 5.74) is 2.56. The summed E-state index contributed by atoms with van der Waals surface area (Å²) in [5, 5.41) is 6.77. The van der Waals surface area contributed by atoms with Crippen molar-refractivity contribution in [3.05, 3.63) is 52.6 Å². The third kappa shape index (κ3) is 4.80. The summed E-state index contributed by atoms with van der Waals surface area (Å²) in [5.74, 6) is 0.533. The molecule has 6 nitrogen and oxygen atoms in total. The molecule has 2 aliphatic heterocycles. The number of fused-ring (bicyclic) bond motifs is 1. The van der Waals surface area contributed by atoms with Crippen molar-refractivity contribution in [2.75, 3.05) is 26.2 Å². The van der Waals surface area contributed by atoms with Crippen LogP contribution in [0.1, 0.15) is 28.9 Å². The molecule has 1 aromatic heterocycles. The zero-order valence-electron chi connectivity index (χ0n) is 15.9. The second-order valence-corrected chi connectivity index (χ2v) is 7.69. The van der Waals surface area contributed by atoms with Crippen molar-refractivity contribution in [1.82, 2.24) is 15.6 Å². The van der Waals surface area contributed by atoms with Gasteiger partial charge in [-0.3, -0.25) is 14.8 Å². The Morgan fingerprint density at radius 3 is 3.03 bits per heavy atom. The molecule has 2 aromatic rings. The highest BCUT2D eigenvalue weighted by Gasteiger charge is 2.23. The second kappa shape index (κ2) is 8.98. The molecule has 1 aromatic carbocycles. The van der Waals surface area contributed by atoms with Gasteiger partial charge in [0.1, 0.15) is 18.2 Å². The van der Waals surface area contributed by atoms with Gasteiger partial charge in [-0.1, -0.05) is 11.6 Å². The maximum atomic E-state index is 13.3. The molecule has 1 saturated heterocycles. The smallest absolute Gasteiger partial charge is 0.170 e. The molecule has 2 aliphatic rings. The van der Waals surface area contributed by atoms with E-state index in [9.17, 15) is 9.18 Å². The van der Waals surface area contributed by atoms with Gasteiger partial charge in [0, 0.05) is 24.4 Å². The molecule has 0 radical (unpaired) electrons. The Kier molecular flexibility index (Phi) is 6.18.